The van der Waals surface area contributed by atoms with Gasteiger partial charge in [-0.1, -0.05) is 42.5 Å². The summed E-state index contributed by atoms with van der Waals surface area (Å²) in [6, 6.07) is 18.1. The third-order valence-electron chi connectivity index (χ3n) is 5.37. The second-order valence-corrected chi connectivity index (χ2v) is 7.79. The number of fused-ring (bicyclic) bond motifs is 1. The van der Waals surface area contributed by atoms with Crippen molar-refractivity contribution in [3.63, 3.8) is 0 Å². The van der Waals surface area contributed by atoms with Crippen molar-refractivity contribution in [2.24, 2.45) is 5.73 Å². The van der Waals surface area contributed by atoms with E-state index in [4.69, 9.17) is 15.6 Å². The second-order valence-electron chi connectivity index (χ2n) is 7.79. The van der Waals surface area contributed by atoms with Gasteiger partial charge in [-0.15, -0.1) is 5.10 Å². The van der Waals surface area contributed by atoms with Crippen LogP contribution in [0.4, 0.5) is 5.82 Å². The molecule has 0 spiro atoms. The summed E-state index contributed by atoms with van der Waals surface area (Å²) in [4.78, 5) is 1.93. The van der Waals surface area contributed by atoms with E-state index < -0.39 is 0 Å². The summed E-state index contributed by atoms with van der Waals surface area (Å²) in [6.07, 6.45) is 0.580. The summed E-state index contributed by atoms with van der Waals surface area (Å²) in [5.41, 5.74) is 10.5. The lowest BCUT2D eigenvalue weighted by Crippen LogP contribution is -2.14. The van der Waals surface area contributed by atoms with Crippen LogP contribution in [0.1, 0.15) is 29.5 Å². The Morgan fingerprint density at radius 1 is 1.00 bits per heavy atom. The molecule has 4 aromatic rings. The molecule has 2 N–H and O–H groups in total. The highest BCUT2D eigenvalue weighted by Gasteiger charge is 2.21. The molecule has 4 rings (SSSR count). The van der Waals surface area contributed by atoms with E-state index in [9.17, 15) is 0 Å². The maximum absolute atomic E-state index is 6.50. The third-order valence-corrected chi connectivity index (χ3v) is 5.37. The molecule has 0 aliphatic rings. The van der Waals surface area contributed by atoms with Crippen LogP contribution in [0.15, 0.2) is 54.6 Å². The van der Waals surface area contributed by atoms with Crippen LogP contribution in [0.2, 0.25) is 0 Å². The van der Waals surface area contributed by atoms with Crippen LogP contribution in [0.3, 0.4) is 0 Å². The molecule has 0 radical (unpaired) electrons. The van der Waals surface area contributed by atoms with Crippen LogP contribution in [0.5, 0.6) is 5.75 Å². The molecule has 160 valence electrons. The van der Waals surface area contributed by atoms with Crippen molar-refractivity contribution in [3.05, 3.63) is 71.5 Å². The highest BCUT2D eigenvalue weighted by Crippen LogP contribution is 2.33. The first-order valence-electron chi connectivity index (χ1n) is 10.4. The number of hydrogen-bond donors (Lipinski definition) is 1. The smallest absolute Gasteiger partial charge is 0.179 e. The van der Waals surface area contributed by atoms with E-state index in [1.54, 1.807) is 0 Å². The van der Waals surface area contributed by atoms with Crippen LogP contribution in [-0.2, 0) is 0 Å². The molecule has 0 aliphatic carbocycles. The molecule has 31 heavy (non-hydrogen) atoms. The normalized spacial score (nSPS) is 12.2. The lowest BCUT2D eigenvalue weighted by atomic mass is 10.1. The predicted molar refractivity (Wildman–Crippen MR) is 124 cm³/mol. The SMILES string of the molecule is Cc1nnc(N(C)C)c2nn(-c3ccccc3OC(CCN)c3ccccc3)c(C)c12. The van der Waals surface area contributed by atoms with Gasteiger partial charge in [0, 0.05) is 20.5 Å². The molecule has 1 unspecified atom stereocenters. The first kappa shape index (κ1) is 20.8. The van der Waals surface area contributed by atoms with E-state index in [1.165, 1.54) is 0 Å². The van der Waals surface area contributed by atoms with Gasteiger partial charge in [0.1, 0.15) is 23.1 Å². The molecule has 1 atom stereocenters. The number of nitrogens with two attached hydrogens (primary N) is 1. The van der Waals surface area contributed by atoms with Crippen LogP contribution >= 0.6 is 0 Å². The fourth-order valence-corrected chi connectivity index (χ4v) is 3.85. The monoisotopic (exact) mass is 416 g/mol. The summed E-state index contributed by atoms with van der Waals surface area (Å²) < 4.78 is 8.43. The minimum Gasteiger partial charge on any atom is -0.483 e. The van der Waals surface area contributed by atoms with Crippen molar-refractivity contribution < 1.29 is 4.74 Å². The summed E-state index contributed by atoms with van der Waals surface area (Å²) in [7, 11) is 3.89. The number of aromatic nitrogens is 4. The Hall–Kier alpha value is -3.45. The van der Waals surface area contributed by atoms with Crippen molar-refractivity contribution in [1.82, 2.24) is 20.0 Å². The van der Waals surface area contributed by atoms with Gasteiger partial charge in [0.15, 0.2) is 5.82 Å². The molecule has 2 aromatic heterocycles. The van der Waals surface area contributed by atoms with E-state index in [0.29, 0.717) is 6.54 Å². The zero-order chi connectivity index (χ0) is 22.0. The van der Waals surface area contributed by atoms with Crippen LogP contribution in [0, 0.1) is 13.8 Å². The highest BCUT2D eigenvalue weighted by atomic mass is 16.5. The fraction of sp³-hybridized carbons (Fsp3) is 0.292. The van der Waals surface area contributed by atoms with Crippen LogP contribution in [-0.4, -0.2) is 40.6 Å². The quantitative estimate of drug-likeness (QED) is 0.491. The number of rotatable bonds is 7. The highest BCUT2D eigenvalue weighted by molar-refractivity contribution is 5.92. The van der Waals surface area contributed by atoms with Crippen molar-refractivity contribution in [3.8, 4) is 11.4 Å². The molecule has 2 heterocycles. The number of para-hydroxylation sites is 2. The number of ether oxygens (including phenoxy) is 1. The summed E-state index contributed by atoms with van der Waals surface area (Å²) >= 11 is 0. The number of nitrogens with zero attached hydrogens (tertiary/aromatic N) is 5. The Morgan fingerprint density at radius 2 is 1.71 bits per heavy atom. The average Bonchev–Trinajstić information content (AvgIpc) is 3.12. The minimum absolute atomic E-state index is 0.139. The largest absolute Gasteiger partial charge is 0.483 e. The molecular formula is C24H28N6O. The Kier molecular flexibility index (Phi) is 5.86. The number of hydrogen-bond acceptors (Lipinski definition) is 6. The summed E-state index contributed by atoms with van der Waals surface area (Å²) in [6.45, 7) is 4.55. The lowest BCUT2D eigenvalue weighted by Gasteiger charge is -2.21. The van der Waals surface area contributed by atoms with Crippen molar-refractivity contribution in [1.29, 1.82) is 0 Å². The molecule has 7 heteroatoms. The van der Waals surface area contributed by atoms with E-state index in [0.717, 1.165) is 51.5 Å². The van der Waals surface area contributed by atoms with Gasteiger partial charge in [0.05, 0.1) is 16.8 Å². The molecule has 0 bridgehead atoms. The van der Waals surface area contributed by atoms with Crippen molar-refractivity contribution in [2.75, 3.05) is 25.5 Å². The molecule has 0 amide bonds. The number of benzene rings is 2. The Bertz CT molecular complexity index is 1190. The molecule has 0 saturated heterocycles. The van der Waals surface area contributed by atoms with Gasteiger partial charge in [0.25, 0.3) is 0 Å². The molecule has 7 nitrogen and oxygen atoms in total. The van der Waals surface area contributed by atoms with Crippen LogP contribution in [0.25, 0.3) is 16.6 Å². The van der Waals surface area contributed by atoms with Gasteiger partial charge in [-0.25, -0.2) is 4.68 Å². The van der Waals surface area contributed by atoms with Crippen molar-refractivity contribution >= 4 is 16.7 Å². The number of anilines is 1. The molecule has 2 aromatic carbocycles. The summed E-state index contributed by atoms with van der Waals surface area (Å²) in [5, 5.41) is 14.6. The third kappa shape index (κ3) is 3.96. The molecule has 0 aliphatic heterocycles. The first-order chi connectivity index (χ1) is 15.0. The van der Waals surface area contributed by atoms with Gasteiger partial charge < -0.3 is 15.4 Å². The minimum atomic E-state index is -0.139. The van der Waals surface area contributed by atoms with E-state index in [-0.39, 0.29) is 6.10 Å². The van der Waals surface area contributed by atoms with Gasteiger partial charge in [-0.2, -0.15) is 10.2 Å². The molecular weight excluding hydrogens is 388 g/mol. The zero-order valence-corrected chi connectivity index (χ0v) is 18.4. The topological polar surface area (TPSA) is 82.1 Å². The van der Waals surface area contributed by atoms with Crippen molar-refractivity contribution in [2.45, 2.75) is 26.4 Å². The average molecular weight is 417 g/mol. The first-order valence-corrected chi connectivity index (χ1v) is 10.4. The molecule has 0 saturated carbocycles. The second kappa shape index (κ2) is 8.73. The van der Waals surface area contributed by atoms with Crippen LogP contribution < -0.4 is 15.4 Å². The standard InChI is InChI=1S/C24H28N6O/c1-16-22-17(2)30(28-23(22)24(27-26-16)29(3)4)19-12-8-9-13-21(19)31-20(14-15-25)18-10-6-5-7-11-18/h5-13,20H,14-15,25H2,1-4H3. The maximum Gasteiger partial charge on any atom is 0.179 e. The number of aryl methyl sites for hydroxylation is 2. The van der Waals surface area contributed by atoms with Gasteiger partial charge >= 0.3 is 0 Å². The Labute approximate surface area is 182 Å². The summed E-state index contributed by atoms with van der Waals surface area (Å²) in [5.74, 6) is 1.50. The Balaban J connectivity index is 1.82. The van der Waals surface area contributed by atoms with E-state index in [1.807, 2.05) is 73.1 Å². The predicted octanol–water partition coefficient (Wildman–Crippen LogP) is 3.97. The van der Waals surface area contributed by atoms with Gasteiger partial charge in [-0.3, -0.25) is 0 Å². The maximum atomic E-state index is 6.50. The fourth-order valence-electron chi connectivity index (χ4n) is 3.85. The van der Waals surface area contributed by atoms with E-state index >= 15 is 0 Å². The molecule has 0 fully saturated rings. The van der Waals surface area contributed by atoms with Gasteiger partial charge in [-0.05, 0) is 38.1 Å². The Morgan fingerprint density at radius 3 is 2.42 bits per heavy atom. The zero-order valence-electron chi connectivity index (χ0n) is 18.4. The van der Waals surface area contributed by atoms with E-state index in [2.05, 4.69) is 29.3 Å². The lowest BCUT2D eigenvalue weighted by molar-refractivity contribution is 0.197. The van der Waals surface area contributed by atoms with Gasteiger partial charge in [0.2, 0.25) is 0 Å².